The van der Waals surface area contributed by atoms with Gasteiger partial charge in [0.2, 0.25) is 0 Å². The minimum atomic E-state index is -0.0547. The van der Waals surface area contributed by atoms with Crippen molar-refractivity contribution in [3.8, 4) is 11.3 Å². The van der Waals surface area contributed by atoms with Gasteiger partial charge in [-0.1, -0.05) is 29.8 Å². The quantitative estimate of drug-likeness (QED) is 0.707. The number of nitrogens with one attached hydrogen (secondary N) is 1. The molecule has 3 rings (SSSR count). The minimum Gasteiger partial charge on any atom is -0.365 e. The Kier molecular flexibility index (Phi) is 3.61. The van der Waals surface area contributed by atoms with Crippen molar-refractivity contribution in [1.29, 1.82) is 0 Å². The molecule has 0 saturated carbocycles. The van der Waals surface area contributed by atoms with Crippen LogP contribution in [0.2, 0.25) is 5.02 Å². The summed E-state index contributed by atoms with van der Waals surface area (Å²) in [6.45, 7) is 8.53. The summed E-state index contributed by atoms with van der Waals surface area (Å²) in [5, 5.41) is 4.31. The maximum absolute atomic E-state index is 6.00. The van der Waals surface area contributed by atoms with Crippen LogP contribution in [0, 0.1) is 6.92 Å². The summed E-state index contributed by atoms with van der Waals surface area (Å²) >= 11 is 6.00. The van der Waals surface area contributed by atoms with E-state index in [9.17, 15) is 0 Å². The number of hydrogen-bond acceptors (Lipinski definition) is 2. The van der Waals surface area contributed by atoms with Crippen molar-refractivity contribution < 1.29 is 0 Å². The third-order valence-corrected chi connectivity index (χ3v) is 3.63. The predicted octanol–water partition coefficient (Wildman–Crippen LogP) is 5.17. The molecule has 0 atom stereocenters. The van der Waals surface area contributed by atoms with Crippen LogP contribution in [0.3, 0.4) is 0 Å². The van der Waals surface area contributed by atoms with Crippen LogP contribution in [-0.2, 0) is 0 Å². The van der Waals surface area contributed by atoms with Crippen LogP contribution in [-0.4, -0.2) is 14.9 Å². The fraction of sp³-hybridized carbons (Fsp3) is 0.278. The molecule has 0 unspecified atom stereocenters. The molecule has 0 saturated heterocycles. The highest BCUT2D eigenvalue weighted by atomic mass is 35.5. The summed E-state index contributed by atoms with van der Waals surface area (Å²) in [5.41, 5.74) is 4.07. The van der Waals surface area contributed by atoms with E-state index in [1.807, 2.05) is 30.3 Å². The molecule has 3 aromatic rings. The predicted molar refractivity (Wildman–Crippen MR) is 93.8 cm³/mol. The molecular weight excluding hydrogens is 294 g/mol. The largest absolute Gasteiger partial charge is 0.365 e. The highest BCUT2D eigenvalue weighted by Crippen LogP contribution is 2.31. The molecule has 2 aromatic heterocycles. The van der Waals surface area contributed by atoms with Gasteiger partial charge >= 0.3 is 0 Å². The second kappa shape index (κ2) is 5.33. The van der Waals surface area contributed by atoms with Gasteiger partial charge in [-0.3, -0.25) is 4.40 Å². The number of benzene rings is 1. The first kappa shape index (κ1) is 14.9. The van der Waals surface area contributed by atoms with Gasteiger partial charge in [-0.05, 0) is 51.5 Å². The first-order valence-electron chi connectivity index (χ1n) is 7.36. The van der Waals surface area contributed by atoms with E-state index in [-0.39, 0.29) is 5.54 Å². The van der Waals surface area contributed by atoms with Crippen molar-refractivity contribution in [2.24, 2.45) is 0 Å². The SMILES string of the molecule is Cc1ccc2nc(-c3ccc(Cl)cc3)c(NC(C)(C)C)n2c1. The van der Waals surface area contributed by atoms with Crippen molar-refractivity contribution in [3.63, 3.8) is 0 Å². The van der Waals surface area contributed by atoms with Gasteiger partial charge < -0.3 is 5.32 Å². The average Bonchev–Trinajstić information content (AvgIpc) is 2.76. The standard InChI is InChI=1S/C18H20ClN3/c1-12-5-10-15-20-16(13-6-8-14(19)9-7-13)17(22(15)11-12)21-18(2,3)4/h5-11,21H,1-4H3. The van der Waals surface area contributed by atoms with Gasteiger partial charge in [0, 0.05) is 22.3 Å². The molecule has 0 amide bonds. The van der Waals surface area contributed by atoms with E-state index in [1.165, 1.54) is 5.56 Å². The van der Waals surface area contributed by atoms with Gasteiger partial charge in [-0.15, -0.1) is 0 Å². The van der Waals surface area contributed by atoms with E-state index < -0.39 is 0 Å². The van der Waals surface area contributed by atoms with E-state index in [1.54, 1.807) is 0 Å². The third-order valence-electron chi connectivity index (χ3n) is 3.38. The molecule has 22 heavy (non-hydrogen) atoms. The van der Waals surface area contributed by atoms with E-state index in [0.29, 0.717) is 0 Å². The lowest BCUT2D eigenvalue weighted by molar-refractivity contribution is 0.629. The molecule has 0 bridgehead atoms. The van der Waals surface area contributed by atoms with Crippen LogP contribution in [0.15, 0.2) is 42.6 Å². The highest BCUT2D eigenvalue weighted by molar-refractivity contribution is 6.30. The Bertz CT molecular complexity index is 811. The zero-order chi connectivity index (χ0) is 15.9. The molecule has 0 aliphatic rings. The Balaban J connectivity index is 2.23. The van der Waals surface area contributed by atoms with Crippen molar-refractivity contribution in [1.82, 2.24) is 9.38 Å². The molecule has 3 nitrogen and oxygen atoms in total. The molecule has 4 heteroatoms. The van der Waals surface area contributed by atoms with Crippen molar-refractivity contribution >= 4 is 23.1 Å². The van der Waals surface area contributed by atoms with E-state index in [2.05, 4.69) is 49.7 Å². The Morgan fingerprint density at radius 2 is 1.73 bits per heavy atom. The molecular formula is C18H20ClN3. The Labute approximate surface area is 136 Å². The summed E-state index contributed by atoms with van der Waals surface area (Å²) in [7, 11) is 0. The number of pyridine rings is 1. The van der Waals surface area contributed by atoms with Crippen molar-refractivity contribution in [2.45, 2.75) is 33.2 Å². The van der Waals surface area contributed by atoms with Gasteiger partial charge in [-0.25, -0.2) is 4.98 Å². The number of imidazole rings is 1. The molecule has 0 aliphatic carbocycles. The van der Waals surface area contributed by atoms with Gasteiger partial charge in [0.05, 0.1) is 0 Å². The van der Waals surface area contributed by atoms with Crippen molar-refractivity contribution in [2.75, 3.05) is 5.32 Å². The first-order valence-corrected chi connectivity index (χ1v) is 7.74. The lowest BCUT2D eigenvalue weighted by atomic mass is 10.1. The monoisotopic (exact) mass is 313 g/mol. The molecule has 0 radical (unpaired) electrons. The minimum absolute atomic E-state index is 0.0547. The van der Waals surface area contributed by atoms with Crippen LogP contribution >= 0.6 is 11.6 Å². The summed E-state index contributed by atoms with van der Waals surface area (Å²) in [4.78, 5) is 4.80. The summed E-state index contributed by atoms with van der Waals surface area (Å²) in [6.07, 6.45) is 2.11. The fourth-order valence-electron chi connectivity index (χ4n) is 2.43. The maximum atomic E-state index is 6.00. The fourth-order valence-corrected chi connectivity index (χ4v) is 2.56. The second-order valence-electron chi connectivity index (χ2n) is 6.63. The molecule has 114 valence electrons. The normalized spacial score (nSPS) is 11.9. The molecule has 0 spiro atoms. The summed E-state index contributed by atoms with van der Waals surface area (Å²) in [5.74, 6) is 1.01. The maximum Gasteiger partial charge on any atom is 0.139 e. The number of nitrogens with zero attached hydrogens (tertiary/aromatic N) is 2. The number of fused-ring (bicyclic) bond motifs is 1. The van der Waals surface area contributed by atoms with Crippen LogP contribution in [0.5, 0.6) is 0 Å². The molecule has 2 heterocycles. The Hall–Kier alpha value is -2.00. The number of rotatable bonds is 2. The zero-order valence-electron chi connectivity index (χ0n) is 13.3. The average molecular weight is 314 g/mol. The van der Waals surface area contributed by atoms with Gasteiger partial charge in [0.25, 0.3) is 0 Å². The van der Waals surface area contributed by atoms with E-state index in [0.717, 1.165) is 27.7 Å². The summed E-state index contributed by atoms with van der Waals surface area (Å²) in [6, 6.07) is 11.9. The molecule has 1 aromatic carbocycles. The lowest BCUT2D eigenvalue weighted by Crippen LogP contribution is -2.27. The van der Waals surface area contributed by atoms with Crippen LogP contribution in [0.25, 0.3) is 16.9 Å². The first-order chi connectivity index (χ1) is 10.3. The molecule has 1 N–H and O–H groups in total. The zero-order valence-corrected chi connectivity index (χ0v) is 14.1. The second-order valence-corrected chi connectivity index (χ2v) is 7.06. The highest BCUT2D eigenvalue weighted by Gasteiger charge is 2.19. The Morgan fingerprint density at radius 1 is 1.05 bits per heavy atom. The van der Waals surface area contributed by atoms with E-state index >= 15 is 0 Å². The Morgan fingerprint density at radius 3 is 2.36 bits per heavy atom. The molecule has 0 aliphatic heterocycles. The van der Waals surface area contributed by atoms with Crippen LogP contribution in [0.1, 0.15) is 26.3 Å². The van der Waals surface area contributed by atoms with Crippen molar-refractivity contribution in [3.05, 3.63) is 53.2 Å². The topological polar surface area (TPSA) is 29.3 Å². The van der Waals surface area contributed by atoms with Gasteiger partial charge in [-0.2, -0.15) is 0 Å². The lowest BCUT2D eigenvalue weighted by Gasteiger charge is -2.22. The van der Waals surface area contributed by atoms with Gasteiger partial charge in [0.1, 0.15) is 17.2 Å². The number of hydrogen-bond donors (Lipinski definition) is 1. The number of anilines is 1. The van der Waals surface area contributed by atoms with Gasteiger partial charge in [0.15, 0.2) is 0 Å². The van der Waals surface area contributed by atoms with Crippen LogP contribution < -0.4 is 5.32 Å². The third kappa shape index (κ3) is 2.95. The van der Waals surface area contributed by atoms with E-state index in [4.69, 9.17) is 16.6 Å². The number of aromatic nitrogens is 2. The number of halogens is 1. The molecule has 0 fully saturated rings. The summed E-state index contributed by atoms with van der Waals surface area (Å²) < 4.78 is 2.12. The van der Waals surface area contributed by atoms with Crippen LogP contribution in [0.4, 0.5) is 5.82 Å². The number of aryl methyl sites for hydroxylation is 1. The smallest absolute Gasteiger partial charge is 0.139 e.